The zero-order valence-electron chi connectivity index (χ0n) is 9.61. The highest BCUT2D eigenvalue weighted by molar-refractivity contribution is 8.00. The highest BCUT2D eigenvalue weighted by atomic mass is 32.2. The first-order chi connectivity index (χ1) is 7.88. The Morgan fingerprint density at radius 2 is 2.50 bits per heavy atom. The maximum Gasteiger partial charge on any atom is 0.215 e. The molecule has 1 aliphatic rings. The van der Waals surface area contributed by atoms with Crippen LogP contribution < -0.4 is 10.1 Å². The van der Waals surface area contributed by atoms with Crippen LogP contribution in [0.15, 0.2) is 18.2 Å². The molecule has 3 nitrogen and oxygen atoms in total. The summed E-state index contributed by atoms with van der Waals surface area (Å²) in [5.41, 5.74) is 0. The van der Waals surface area contributed by atoms with Gasteiger partial charge in [-0.05, 0) is 31.6 Å². The molecule has 0 spiro atoms. The summed E-state index contributed by atoms with van der Waals surface area (Å²) in [4.78, 5) is 4.38. The van der Waals surface area contributed by atoms with Crippen LogP contribution in [0.5, 0.6) is 5.88 Å². The second-order valence-corrected chi connectivity index (χ2v) is 5.22. The summed E-state index contributed by atoms with van der Waals surface area (Å²) in [6.45, 7) is 3.64. The van der Waals surface area contributed by atoms with Crippen LogP contribution in [0.1, 0.15) is 19.8 Å². The van der Waals surface area contributed by atoms with E-state index < -0.39 is 0 Å². The maximum atomic E-state index is 5.36. The van der Waals surface area contributed by atoms with Gasteiger partial charge in [-0.15, -0.1) is 0 Å². The number of hydrogen-bond acceptors (Lipinski definition) is 4. The second-order valence-electron chi connectivity index (χ2n) is 3.81. The van der Waals surface area contributed by atoms with Gasteiger partial charge in [0.05, 0.1) is 6.61 Å². The van der Waals surface area contributed by atoms with E-state index in [1.165, 1.54) is 18.6 Å². The number of thioether (sulfide) groups is 1. The van der Waals surface area contributed by atoms with Crippen LogP contribution in [-0.2, 0) is 0 Å². The molecule has 1 saturated heterocycles. The molecule has 0 amide bonds. The number of aromatic nitrogens is 1. The van der Waals surface area contributed by atoms with Crippen molar-refractivity contribution in [3.05, 3.63) is 18.2 Å². The Morgan fingerprint density at radius 3 is 3.25 bits per heavy atom. The highest BCUT2D eigenvalue weighted by Crippen LogP contribution is 2.26. The quantitative estimate of drug-likeness (QED) is 0.855. The van der Waals surface area contributed by atoms with Crippen molar-refractivity contribution in [3.8, 4) is 5.88 Å². The van der Waals surface area contributed by atoms with Gasteiger partial charge in [0, 0.05) is 17.9 Å². The van der Waals surface area contributed by atoms with Gasteiger partial charge in [-0.25, -0.2) is 0 Å². The topological polar surface area (TPSA) is 34.1 Å². The summed E-state index contributed by atoms with van der Waals surface area (Å²) in [5, 5.41) is 4.12. The number of pyridine rings is 1. The molecule has 1 atom stereocenters. The van der Waals surface area contributed by atoms with E-state index >= 15 is 0 Å². The van der Waals surface area contributed by atoms with E-state index in [0.29, 0.717) is 12.5 Å². The molecule has 1 aromatic rings. The number of hydrogen-bond donors (Lipinski definition) is 1. The average molecular weight is 238 g/mol. The molecule has 0 aromatic carbocycles. The van der Waals surface area contributed by atoms with Crippen molar-refractivity contribution in [2.45, 2.75) is 25.0 Å². The van der Waals surface area contributed by atoms with Gasteiger partial charge < -0.3 is 10.1 Å². The van der Waals surface area contributed by atoms with E-state index in [4.69, 9.17) is 4.74 Å². The lowest BCUT2D eigenvalue weighted by molar-refractivity contribution is 0.327. The predicted molar refractivity (Wildman–Crippen MR) is 69.4 cm³/mol. The van der Waals surface area contributed by atoms with Gasteiger partial charge in [-0.3, -0.25) is 0 Å². The molecule has 1 aromatic heterocycles. The van der Waals surface area contributed by atoms with Gasteiger partial charge in [0.15, 0.2) is 0 Å². The maximum absolute atomic E-state index is 5.36. The van der Waals surface area contributed by atoms with Crippen LogP contribution in [0.4, 0.5) is 5.82 Å². The van der Waals surface area contributed by atoms with Crippen LogP contribution in [0, 0.1) is 0 Å². The molecule has 1 N–H and O–H groups in total. The SMILES string of the molecule is CCOc1cccc(NCC2CCCS2)n1. The van der Waals surface area contributed by atoms with E-state index in [9.17, 15) is 0 Å². The molecule has 2 heterocycles. The van der Waals surface area contributed by atoms with E-state index in [1.807, 2.05) is 25.1 Å². The first-order valence-corrected chi connectivity index (χ1v) is 6.88. The summed E-state index contributed by atoms with van der Waals surface area (Å²) in [6, 6.07) is 5.85. The number of nitrogens with one attached hydrogen (secondary N) is 1. The molecule has 0 bridgehead atoms. The molecule has 0 saturated carbocycles. The van der Waals surface area contributed by atoms with Crippen molar-refractivity contribution in [2.24, 2.45) is 0 Å². The van der Waals surface area contributed by atoms with Gasteiger partial charge >= 0.3 is 0 Å². The van der Waals surface area contributed by atoms with Crippen molar-refractivity contribution in [1.82, 2.24) is 4.98 Å². The van der Waals surface area contributed by atoms with E-state index in [-0.39, 0.29) is 0 Å². The Morgan fingerprint density at radius 1 is 1.56 bits per heavy atom. The third kappa shape index (κ3) is 3.30. The van der Waals surface area contributed by atoms with Crippen molar-refractivity contribution in [1.29, 1.82) is 0 Å². The van der Waals surface area contributed by atoms with E-state index in [0.717, 1.165) is 17.6 Å². The Kier molecular flexibility index (Phi) is 4.34. The van der Waals surface area contributed by atoms with Gasteiger partial charge in [-0.1, -0.05) is 6.07 Å². The minimum absolute atomic E-state index is 0.662. The molecule has 1 aliphatic heterocycles. The molecule has 0 radical (unpaired) electrons. The fourth-order valence-corrected chi connectivity index (χ4v) is 2.97. The molecule has 1 fully saturated rings. The highest BCUT2D eigenvalue weighted by Gasteiger charge is 2.14. The molecule has 2 rings (SSSR count). The molecule has 0 aliphatic carbocycles. The zero-order chi connectivity index (χ0) is 11.2. The Labute approximate surface area is 101 Å². The van der Waals surface area contributed by atoms with Crippen molar-refractivity contribution in [3.63, 3.8) is 0 Å². The monoisotopic (exact) mass is 238 g/mol. The third-order valence-electron chi connectivity index (χ3n) is 2.55. The summed E-state index contributed by atoms with van der Waals surface area (Å²) < 4.78 is 5.36. The Bertz CT molecular complexity index is 327. The number of anilines is 1. The van der Waals surface area contributed by atoms with Gasteiger partial charge in [0.25, 0.3) is 0 Å². The van der Waals surface area contributed by atoms with Crippen LogP contribution in [0.25, 0.3) is 0 Å². The summed E-state index contributed by atoms with van der Waals surface area (Å²) in [5.74, 6) is 2.92. The standard InChI is InChI=1S/C12H18N2OS/c1-2-15-12-7-3-6-11(14-12)13-9-10-5-4-8-16-10/h3,6-7,10H,2,4-5,8-9H2,1H3,(H,13,14). The lowest BCUT2D eigenvalue weighted by Gasteiger charge is -2.11. The lowest BCUT2D eigenvalue weighted by Crippen LogP contribution is -2.14. The molecule has 16 heavy (non-hydrogen) atoms. The van der Waals surface area contributed by atoms with Crippen molar-refractivity contribution in [2.75, 3.05) is 24.2 Å². The molecule has 1 unspecified atom stereocenters. The summed E-state index contributed by atoms with van der Waals surface area (Å²) >= 11 is 2.05. The van der Waals surface area contributed by atoms with Crippen LogP contribution in [-0.4, -0.2) is 29.1 Å². The number of ether oxygens (including phenoxy) is 1. The first-order valence-electron chi connectivity index (χ1n) is 5.84. The smallest absolute Gasteiger partial charge is 0.215 e. The zero-order valence-corrected chi connectivity index (χ0v) is 10.4. The predicted octanol–water partition coefficient (Wildman–Crippen LogP) is 2.79. The van der Waals surface area contributed by atoms with Gasteiger partial charge in [0.1, 0.15) is 5.82 Å². The fraction of sp³-hybridized carbons (Fsp3) is 0.583. The summed E-state index contributed by atoms with van der Waals surface area (Å²) in [6.07, 6.45) is 2.67. The van der Waals surface area contributed by atoms with Crippen LogP contribution in [0.2, 0.25) is 0 Å². The number of nitrogens with zero attached hydrogens (tertiary/aromatic N) is 1. The molecule has 4 heteroatoms. The average Bonchev–Trinajstić information content (AvgIpc) is 2.80. The summed E-state index contributed by atoms with van der Waals surface area (Å²) in [7, 11) is 0. The second kappa shape index (κ2) is 5.99. The van der Waals surface area contributed by atoms with Gasteiger partial charge in [-0.2, -0.15) is 16.7 Å². The Balaban J connectivity index is 1.85. The molecular weight excluding hydrogens is 220 g/mol. The third-order valence-corrected chi connectivity index (χ3v) is 3.95. The molecule has 88 valence electrons. The minimum atomic E-state index is 0.662. The lowest BCUT2D eigenvalue weighted by atomic mass is 10.2. The van der Waals surface area contributed by atoms with Crippen molar-refractivity contribution >= 4 is 17.6 Å². The van der Waals surface area contributed by atoms with Crippen LogP contribution >= 0.6 is 11.8 Å². The molecular formula is C12H18N2OS. The van der Waals surface area contributed by atoms with Crippen molar-refractivity contribution < 1.29 is 4.74 Å². The van der Waals surface area contributed by atoms with E-state index in [2.05, 4.69) is 22.1 Å². The number of rotatable bonds is 5. The first kappa shape index (κ1) is 11.6. The Hall–Kier alpha value is -0.900. The van der Waals surface area contributed by atoms with E-state index in [1.54, 1.807) is 0 Å². The van der Waals surface area contributed by atoms with Crippen LogP contribution in [0.3, 0.4) is 0 Å². The minimum Gasteiger partial charge on any atom is -0.478 e. The fourth-order valence-electron chi connectivity index (χ4n) is 1.77. The normalized spacial score (nSPS) is 19.7. The largest absolute Gasteiger partial charge is 0.478 e. The van der Waals surface area contributed by atoms with Gasteiger partial charge in [0.2, 0.25) is 5.88 Å².